The zero-order chi connectivity index (χ0) is 15.6. The van der Waals surface area contributed by atoms with Gasteiger partial charge in [-0.3, -0.25) is 4.79 Å². The summed E-state index contributed by atoms with van der Waals surface area (Å²) in [5, 5.41) is 9.65. The minimum Gasteiger partial charge on any atom is -0.497 e. The van der Waals surface area contributed by atoms with Crippen molar-refractivity contribution in [3.63, 3.8) is 0 Å². The standard InChI is InChI=1S/C14H16FNO5/c1-20-9-3-4-10(11(15)6-9)13(18)16-7-8(17)5-12(16)14(19)21-2/h3-4,6,8,12,17H,5,7H2,1-2H3. The first-order valence-electron chi connectivity index (χ1n) is 6.38. The van der Waals surface area contributed by atoms with Crippen molar-refractivity contribution < 1.29 is 28.6 Å². The summed E-state index contributed by atoms with van der Waals surface area (Å²) in [7, 11) is 2.59. The summed E-state index contributed by atoms with van der Waals surface area (Å²) in [5.41, 5.74) is -0.182. The molecule has 2 atom stereocenters. The Bertz CT molecular complexity index is 562. The Labute approximate surface area is 121 Å². The molecule has 7 heteroatoms. The predicted molar refractivity (Wildman–Crippen MR) is 70.4 cm³/mol. The van der Waals surface area contributed by atoms with Gasteiger partial charge in [0, 0.05) is 19.0 Å². The number of esters is 1. The van der Waals surface area contributed by atoms with E-state index >= 15 is 0 Å². The number of likely N-dealkylation sites (tertiary alicyclic amines) is 1. The van der Waals surface area contributed by atoms with Crippen LogP contribution in [0, 0.1) is 5.82 Å². The van der Waals surface area contributed by atoms with Gasteiger partial charge in [-0.25, -0.2) is 9.18 Å². The van der Waals surface area contributed by atoms with Crippen LogP contribution < -0.4 is 4.74 Å². The van der Waals surface area contributed by atoms with E-state index in [1.54, 1.807) is 0 Å². The molecule has 1 aromatic carbocycles. The molecule has 1 N–H and O–H groups in total. The summed E-state index contributed by atoms with van der Waals surface area (Å²) < 4.78 is 23.4. The molecule has 1 aliphatic heterocycles. The highest BCUT2D eigenvalue weighted by Gasteiger charge is 2.40. The maximum absolute atomic E-state index is 13.9. The van der Waals surface area contributed by atoms with Gasteiger partial charge in [0.25, 0.3) is 5.91 Å². The van der Waals surface area contributed by atoms with Gasteiger partial charge in [0.1, 0.15) is 17.6 Å². The van der Waals surface area contributed by atoms with E-state index in [4.69, 9.17) is 4.74 Å². The lowest BCUT2D eigenvalue weighted by Gasteiger charge is -2.22. The largest absolute Gasteiger partial charge is 0.497 e. The van der Waals surface area contributed by atoms with Gasteiger partial charge in [0.2, 0.25) is 0 Å². The van der Waals surface area contributed by atoms with Gasteiger partial charge < -0.3 is 19.5 Å². The molecule has 1 aromatic rings. The molecule has 1 amide bonds. The van der Waals surface area contributed by atoms with Crippen molar-refractivity contribution in [1.82, 2.24) is 4.90 Å². The number of hydrogen-bond acceptors (Lipinski definition) is 5. The van der Waals surface area contributed by atoms with Crippen molar-refractivity contribution in [1.29, 1.82) is 0 Å². The lowest BCUT2D eigenvalue weighted by Crippen LogP contribution is -2.41. The van der Waals surface area contributed by atoms with Crippen LogP contribution in [0.1, 0.15) is 16.8 Å². The van der Waals surface area contributed by atoms with Crippen molar-refractivity contribution >= 4 is 11.9 Å². The van der Waals surface area contributed by atoms with Gasteiger partial charge in [0.05, 0.1) is 25.9 Å². The van der Waals surface area contributed by atoms with E-state index in [-0.39, 0.29) is 24.3 Å². The number of aliphatic hydroxyl groups is 1. The summed E-state index contributed by atoms with van der Waals surface area (Å²) in [5.74, 6) is -1.75. The van der Waals surface area contributed by atoms with Gasteiger partial charge in [-0.1, -0.05) is 0 Å². The van der Waals surface area contributed by atoms with E-state index in [1.165, 1.54) is 26.4 Å². The highest BCUT2D eigenvalue weighted by atomic mass is 19.1. The molecule has 0 bridgehead atoms. The average molecular weight is 297 g/mol. The number of rotatable bonds is 3. The molecule has 6 nitrogen and oxygen atoms in total. The molecule has 0 saturated carbocycles. The highest BCUT2D eigenvalue weighted by molar-refractivity contribution is 5.97. The number of amides is 1. The lowest BCUT2D eigenvalue weighted by atomic mass is 10.1. The van der Waals surface area contributed by atoms with Gasteiger partial charge in [-0.15, -0.1) is 0 Å². The Balaban J connectivity index is 2.28. The Morgan fingerprint density at radius 2 is 2.10 bits per heavy atom. The predicted octanol–water partition coefficient (Wildman–Crippen LogP) is 0.583. The fourth-order valence-electron chi connectivity index (χ4n) is 2.35. The van der Waals surface area contributed by atoms with E-state index in [9.17, 15) is 19.1 Å². The van der Waals surface area contributed by atoms with E-state index < -0.39 is 29.8 Å². The fourth-order valence-corrected chi connectivity index (χ4v) is 2.35. The van der Waals surface area contributed by atoms with Crippen LogP contribution in [0.4, 0.5) is 4.39 Å². The molecule has 2 unspecified atom stereocenters. The average Bonchev–Trinajstić information content (AvgIpc) is 2.87. The minimum absolute atomic E-state index is 0.0376. The third-order valence-electron chi connectivity index (χ3n) is 3.42. The normalized spacial score (nSPS) is 21.2. The SMILES string of the molecule is COC(=O)C1CC(O)CN1C(=O)c1ccc(OC)cc1F. The molecular weight excluding hydrogens is 281 g/mol. The number of methoxy groups -OCH3 is 2. The van der Waals surface area contributed by atoms with E-state index in [0.29, 0.717) is 0 Å². The zero-order valence-electron chi connectivity index (χ0n) is 11.7. The van der Waals surface area contributed by atoms with Crippen LogP contribution in [0.5, 0.6) is 5.75 Å². The van der Waals surface area contributed by atoms with Crippen LogP contribution in [0.3, 0.4) is 0 Å². The van der Waals surface area contributed by atoms with E-state index in [2.05, 4.69) is 4.74 Å². The molecular formula is C14H16FNO5. The van der Waals surface area contributed by atoms with Crippen molar-refractivity contribution in [2.45, 2.75) is 18.6 Å². The molecule has 1 fully saturated rings. The first-order valence-corrected chi connectivity index (χ1v) is 6.38. The van der Waals surface area contributed by atoms with Crippen LogP contribution in [0.15, 0.2) is 18.2 Å². The molecule has 1 aliphatic rings. The molecule has 21 heavy (non-hydrogen) atoms. The van der Waals surface area contributed by atoms with Crippen molar-refractivity contribution in [3.05, 3.63) is 29.6 Å². The molecule has 114 valence electrons. The van der Waals surface area contributed by atoms with Crippen molar-refractivity contribution in [3.8, 4) is 5.75 Å². The summed E-state index contributed by atoms with van der Waals surface area (Å²) >= 11 is 0. The molecule has 0 aromatic heterocycles. The number of ether oxygens (including phenoxy) is 2. The van der Waals surface area contributed by atoms with Crippen molar-refractivity contribution in [2.24, 2.45) is 0 Å². The molecule has 0 radical (unpaired) electrons. The number of aliphatic hydroxyl groups excluding tert-OH is 1. The van der Waals surface area contributed by atoms with Crippen LogP contribution in [-0.4, -0.2) is 54.8 Å². The number of β-amino-alcohol motifs (C(OH)–C–C–N with tert-alkyl or cyclic N) is 1. The third-order valence-corrected chi connectivity index (χ3v) is 3.42. The van der Waals surface area contributed by atoms with Crippen LogP contribution in [0.2, 0.25) is 0 Å². The topological polar surface area (TPSA) is 76.1 Å². The van der Waals surface area contributed by atoms with Crippen molar-refractivity contribution in [2.75, 3.05) is 20.8 Å². The van der Waals surface area contributed by atoms with Crippen LogP contribution in [0.25, 0.3) is 0 Å². The molecule has 1 saturated heterocycles. The number of hydrogen-bond donors (Lipinski definition) is 1. The third kappa shape index (κ3) is 2.97. The fraction of sp³-hybridized carbons (Fsp3) is 0.429. The quantitative estimate of drug-likeness (QED) is 0.826. The summed E-state index contributed by atoms with van der Waals surface area (Å²) in [6.07, 6.45) is -0.754. The number of benzene rings is 1. The van der Waals surface area contributed by atoms with Crippen LogP contribution in [-0.2, 0) is 9.53 Å². The van der Waals surface area contributed by atoms with Gasteiger partial charge >= 0.3 is 5.97 Å². The molecule has 0 aliphatic carbocycles. The summed E-state index contributed by atoms with van der Waals surface area (Å²) in [6, 6.07) is 2.93. The Kier molecular flexibility index (Phi) is 4.42. The Morgan fingerprint density at radius 3 is 2.67 bits per heavy atom. The number of nitrogens with zero attached hydrogens (tertiary/aromatic N) is 1. The summed E-state index contributed by atoms with van der Waals surface area (Å²) in [6.45, 7) is -0.0376. The second kappa shape index (κ2) is 6.09. The Morgan fingerprint density at radius 1 is 1.38 bits per heavy atom. The number of carbonyl (C=O) groups excluding carboxylic acids is 2. The van der Waals surface area contributed by atoms with E-state index in [0.717, 1.165) is 11.0 Å². The first kappa shape index (κ1) is 15.2. The van der Waals surface area contributed by atoms with E-state index in [1.807, 2.05) is 0 Å². The maximum atomic E-state index is 13.9. The number of carbonyl (C=O) groups is 2. The Hall–Kier alpha value is -2.15. The molecule has 1 heterocycles. The number of halogens is 1. The zero-order valence-corrected chi connectivity index (χ0v) is 11.7. The smallest absolute Gasteiger partial charge is 0.328 e. The molecule has 2 rings (SSSR count). The van der Waals surface area contributed by atoms with Gasteiger partial charge in [-0.2, -0.15) is 0 Å². The van der Waals surface area contributed by atoms with Gasteiger partial charge in [0.15, 0.2) is 0 Å². The molecule has 0 spiro atoms. The summed E-state index contributed by atoms with van der Waals surface area (Å²) in [4.78, 5) is 25.1. The monoisotopic (exact) mass is 297 g/mol. The highest BCUT2D eigenvalue weighted by Crippen LogP contribution is 2.24. The first-order chi connectivity index (χ1) is 9.97. The van der Waals surface area contributed by atoms with Gasteiger partial charge in [-0.05, 0) is 12.1 Å². The lowest BCUT2D eigenvalue weighted by molar-refractivity contribution is -0.145. The second-order valence-corrected chi connectivity index (χ2v) is 4.73. The van der Waals surface area contributed by atoms with Crippen LogP contribution >= 0.6 is 0 Å². The second-order valence-electron chi connectivity index (χ2n) is 4.73. The minimum atomic E-state index is -0.904. The maximum Gasteiger partial charge on any atom is 0.328 e.